The summed E-state index contributed by atoms with van der Waals surface area (Å²) in [4.78, 5) is 17.2. The molecular formula is C12H17ClN2O2. The molecule has 5 heteroatoms. The van der Waals surface area contributed by atoms with E-state index in [1.165, 1.54) is 0 Å². The number of hydrogen-bond donors (Lipinski definition) is 0. The summed E-state index contributed by atoms with van der Waals surface area (Å²) in [6.45, 7) is 2.47. The predicted molar refractivity (Wildman–Crippen MR) is 67.0 cm³/mol. The summed E-state index contributed by atoms with van der Waals surface area (Å²) in [5.74, 6) is -0.270. The van der Waals surface area contributed by atoms with Crippen molar-refractivity contribution in [1.29, 1.82) is 0 Å². The zero-order valence-corrected chi connectivity index (χ0v) is 11.1. The normalized spacial score (nSPS) is 10.6. The van der Waals surface area contributed by atoms with Crippen molar-refractivity contribution in [2.24, 2.45) is 0 Å². The highest BCUT2D eigenvalue weighted by Gasteiger charge is 2.08. The van der Waals surface area contributed by atoms with Gasteiger partial charge >= 0.3 is 5.97 Å². The van der Waals surface area contributed by atoms with E-state index in [0.29, 0.717) is 5.15 Å². The Hall–Kier alpha value is -1.13. The van der Waals surface area contributed by atoms with Crippen molar-refractivity contribution in [2.75, 3.05) is 20.6 Å². The van der Waals surface area contributed by atoms with E-state index in [1.54, 1.807) is 11.1 Å². The van der Waals surface area contributed by atoms with Crippen LogP contribution in [0.1, 0.15) is 18.1 Å². The van der Waals surface area contributed by atoms with E-state index in [9.17, 15) is 4.79 Å². The second-order valence-electron chi connectivity index (χ2n) is 4.05. The highest BCUT2D eigenvalue weighted by Crippen LogP contribution is 2.15. The van der Waals surface area contributed by atoms with Crippen molar-refractivity contribution in [1.82, 2.24) is 9.88 Å². The van der Waals surface area contributed by atoms with Crippen LogP contribution in [0.5, 0.6) is 0 Å². The van der Waals surface area contributed by atoms with Crippen LogP contribution in [0.25, 0.3) is 0 Å². The molecule has 1 aromatic heterocycles. The van der Waals surface area contributed by atoms with Gasteiger partial charge in [0, 0.05) is 11.8 Å². The molecule has 0 aliphatic rings. The molecule has 0 fully saturated rings. The number of aryl methyl sites for hydroxylation is 1. The van der Waals surface area contributed by atoms with E-state index in [4.69, 9.17) is 16.3 Å². The minimum Gasteiger partial charge on any atom is -0.460 e. The van der Waals surface area contributed by atoms with Crippen LogP contribution in [0.4, 0.5) is 0 Å². The maximum atomic E-state index is 11.4. The number of esters is 1. The summed E-state index contributed by atoms with van der Waals surface area (Å²) in [5, 5.41) is 0.389. The van der Waals surface area contributed by atoms with E-state index < -0.39 is 0 Å². The Morgan fingerprint density at radius 3 is 2.82 bits per heavy atom. The van der Waals surface area contributed by atoms with Gasteiger partial charge in [-0.2, -0.15) is 0 Å². The lowest BCUT2D eigenvalue weighted by Crippen LogP contribution is -2.23. The molecule has 0 amide bonds. The fraction of sp³-hybridized carbons (Fsp3) is 0.500. The van der Waals surface area contributed by atoms with Crippen molar-refractivity contribution < 1.29 is 9.53 Å². The molecule has 0 aromatic carbocycles. The Balaban J connectivity index is 2.59. The van der Waals surface area contributed by atoms with Crippen LogP contribution in [0.15, 0.2) is 12.3 Å². The van der Waals surface area contributed by atoms with Crippen LogP contribution in [-0.4, -0.2) is 36.5 Å². The minimum absolute atomic E-state index is 0.173. The number of aromatic nitrogens is 1. The maximum absolute atomic E-state index is 11.4. The van der Waals surface area contributed by atoms with E-state index >= 15 is 0 Å². The van der Waals surface area contributed by atoms with Crippen LogP contribution >= 0.6 is 11.6 Å². The SMILES string of the molecule is CCc1cnc(Cl)c(COC(=O)CN(C)C)c1. The third-order valence-electron chi connectivity index (χ3n) is 2.21. The molecule has 17 heavy (non-hydrogen) atoms. The molecule has 0 aliphatic heterocycles. The molecule has 0 atom stereocenters. The molecular weight excluding hydrogens is 240 g/mol. The quantitative estimate of drug-likeness (QED) is 0.596. The van der Waals surface area contributed by atoms with Crippen LogP contribution < -0.4 is 0 Å². The van der Waals surface area contributed by atoms with Crippen LogP contribution in [-0.2, 0) is 22.6 Å². The van der Waals surface area contributed by atoms with Gasteiger partial charge in [0.25, 0.3) is 0 Å². The van der Waals surface area contributed by atoms with Gasteiger partial charge in [-0.1, -0.05) is 18.5 Å². The van der Waals surface area contributed by atoms with Gasteiger partial charge in [-0.3, -0.25) is 9.69 Å². The number of hydrogen-bond acceptors (Lipinski definition) is 4. The fourth-order valence-corrected chi connectivity index (χ4v) is 1.46. The first kappa shape index (κ1) is 13.9. The van der Waals surface area contributed by atoms with Gasteiger partial charge < -0.3 is 4.74 Å². The highest BCUT2D eigenvalue weighted by atomic mass is 35.5. The minimum atomic E-state index is -0.270. The fourth-order valence-electron chi connectivity index (χ4n) is 1.30. The van der Waals surface area contributed by atoms with E-state index in [0.717, 1.165) is 17.5 Å². The van der Waals surface area contributed by atoms with Gasteiger partial charge in [0.05, 0.1) is 6.54 Å². The lowest BCUT2D eigenvalue weighted by atomic mass is 10.2. The summed E-state index contributed by atoms with van der Waals surface area (Å²) in [5.41, 5.74) is 1.83. The Kier molecular flexibility index (Phi) is 5.38. The zero-order chi connectivity index (χ0) is 12.8. The lowest BCUT2D eigenvalue weighted by Gasteiger charge is -2.10. The molecule has 1 heterocycles. The average Bonchev–Trinajstić information content (AvgIpc) is 2.27. The second-order valence-corrected chi connectivity index (χ2v) is 4.40. The molecule has 0 saturated heterocycles. The molecule has 1 rings (SSSR count). The molecule has 0 aliphatic carbocycles. The third kappa shape index (κ3) is 4.71. The third-order valence-corrected chi connectivity index (χ3v) is 2.55. The first-order valence-electron chi connectivity index (χ1n) is 5.46. The Morgan fingerprint density at radius 1 is 1.53 bits per heavy atom. The highest BCUT2D eigenvalue weighted by molar-refractivity contribution is 6.30. The number of rotatable bonds is 5. The number of carbonyl (C=O) groups excluding carboxylic acids is 1. The standard InChI is InChI=1S/C12H17ClN2O2/c1-4-9-5-10(12(13)14-6-9)8-17-11(16)7-15(2)3/h5-6H,4,7-8H2,1-3H3. The number of nitrogens with zero attached hydrogens (tertiary/aromatic N) is 2. The zero-order valence-electron chi connectivity index (χ0n) is 10.4. The largest absolute Gasteiger partial charge is 0.460 e. The number of halogens is 1. The van der Waals surface area contributed by atoms with Crippen molar-refractivity contribution in [3.05, 3.63) is 28.5 Å². The van der Waals surface area contributed by atoms with Crippen molar-refractivity contribution in [3.63, 3.8) is 0 Å². The molecule has 0 saturated carbocycles. The molecule has 0 spiro atoms. The van der Waals surface area contributed by atoms with Crippen molar-refractivity contribution >= 4 is 17.6 Å². The second kappa shape index (κ2) is 6.57. The van der Waals surface area contributed by atoms with E-state index in [1.807, 2.05) is 27.1 Å². The number of likely N-dealkylation sites (N-methyl/N-ethyl adjacent to an activating group) is 1. The van der Waals surface area contributed by atoms with Gasteiger partial charge in [-0.15, -0.1) is 0 Å². The van der Waals surface area contributed by atoms with E-state index in [-0.39, 0.29) is 19.1 Å². The first-order chi connectivity index (χ1) is 8.02. The number of ether oxygens (including phenoxy) is 1. The summed E-state index contributed by atoms with van der Waals surface area (Å²) in [6, 6.07) is 1.91. The molecule has 0 N–H and O–H groups in total. The maximum Gasteiger partial charge on any atom is 0.320 e. The van der Waals surface area contributed by atoms with Gasteiger partial charge in [0.1, 0.15) is 11.8 Å². The molecule has 4 nitrogen and oxygen atoms in total. The summed E-state index contributed by atoms with van der Waals surface area (Å²) < 4.78 is 5.11. The van der Waals surface area contributed by atoms with Crippen LogP contribution in [0.3, 0.4) is 0 Å². The van der Waals surface area contributed by atoms with Crippen LogP contribution in [0, 0.1) is 0 Å². The Bertz CT molecular complexity index is 394. The number of carbonyl (C=O) groups is 1. The topological polar surface area (TPSA) is 42.4 Å². The predicted octanol–water partition coefficient (Wildman–Crippen LogP) is 1.90. The Labute approximate surface area is 107 Å². The number of pyridine rings is 1. The summed E-state index contributed by atoms with van der Waals surface area (Å²) in [7, 11) is 3.63. The summed E-state index contributed by atoms with van der Waals surface area (Å²) >= 11 is 5.93. The first-order valence-corrected chi connectivity index (χ1v) is 5.84. The molecule has 1 aromatic rings. The molecule has 0 unspecified atom stereocenters. The van der Waals surface area contributed by atoms with Crippen molar-refractivity contribution in [3.8, 4) is 0 Å². The Morgan fingerprint density at radius 2 is 2.24 bits per heavy atom. The van der Waals surface area contributed by atoms with Crippen LogP contribution in [0.2, 0.25) is 5.15 Å². The monoisotopic (exact) mass is 256 g/mol. The van der Waals surface area contributed by atoms with Gasteiger partial charge in [-0.25, -0.2) is 4.98 Å². The lowest BCUT2D eigenvalue weighted by molar-refractivity contribution is -0.145. The average molecular weight is 257 g/mol. The van der Waals surface area contributed by atoms with E-state index in [2.05, 4.69) is 4.98 Å². The van der Waals surface area contributed by atoms with Crippen molar-refractivity contribution in [2.45, 2.75) is 20.0 Å². The smallest absolute Gasteiger partial charge is 0.320 e. The molecule has 94 valence electrons. The van der Waals surface area contributed by atoms with Gasteiger partial charge in [-0.05, 0) is 32.1 Å². The van der Waals surface area contributed by atoms with Gasteiger partial charge in [0.2, 0.25) is 0 Å². The van der Waals surface area contributed by atoms with Gasteiger partial charge in [0.15, 0.2) is 0 Å². The summed E-state index contributed by atoms with van der Waals surface area (Å²) in [6.07, 6.45) is 2.61. The molecule has 0 radical (unpaired) electrons. The molecule has 0 bridgehead atoms.